The van der Waals surface area contributed by atoms with Crippen LogP contribution in [0.2, 0.25) is 0 Å². The summed E-state index contributed by atoms with van der Waals surface area (Å²) < 4.78 is 6.18. The number of hydrogen-bond acceptors (Lipinski definition) is 4. The number of amides is 2. The molecule has 4 atom stereocenters. The Bertz CT molecular complexity index is 593. The van der Waals surface area contributed by atoms with Crippen molar-refractivity contribution in [3.8, 4) is 0 Å². The fraction of sp³-hybridized carbons (Fsp3) is 0.900. The number of rotatable bonds is 3. The van der Waals surface area contributed by atoms with E-state index < -0.39 is 0 Å². The van der Waals surface area contributed by atoms with Gasteiger partial charge in [0.15, 0.2) is 0 Å². The number of β-lactam (4-membered cyclic amide) rings is 1. The van der Waals surface area contributed by atoms with Gasteiger partial charge in [0.2, 0.25) is 11.8 Å². The van der Waals surface area contributed by atoms with Crippen molar-refractivity contribution in [1.29, 1.82) is 0 Å². The van der Waals surface area contributed by atoms with E-state index in [0.717, 1.165) is 45.5 Å². The molecule has 0 aliphatic carbocycles. The lowest BCUT2D eigenvalue weighted by atomic mass is 9.72. The average molecular weight is 364 g/mol. The summed E-state index contributed by atoms with van der Waals surface area (Å²) in [6.45, 7) is 11.9. The number of carbonyl (C=O) groups excluding carboxylic acids is 2. The minimum atomic E-state index is 0.00520. The minimum absolute atomic E-state index is 0.00520. The maximum absolute atomic E-state index is 12.8. The van der Waals surface area contributed by atoms with E-state index in [1.54, 1.807) is 0 Å². The number of fused-ring (bicyclic) bond motifs is 1. The predicted octanol–water partition coefficient (Wildman–Crippen LogP) is 1.49. The van der Waals surface area contributed by atoms with E-state index in [4.69, 9.17) is 4.74 Å². The van der Waals surface area contributed by atoms with Crippen LogP contribution in [0.5, 0.6) is 0 Å². The van der Waals surface area contributed by atoms with Gasteiger partial charge >= 0.3 is 0 Å². The largest absolute Gasteiger partial charge is 0.378 e. The maximum atomic E-state index is 12.8. The standard InChI is InChI=1S/C20H33N3O3/c1-13(2)22-7-6-21-12-15(9-16(21)19(22)25)17-10-20(5-8-26-17)11-18(24)23(20)14(3)4/h13-17H,5-12H2,1-4H3. The summed E-state index contributed by atoms with van der Waals surface area (Å²) in [5.41, 5.74) is 0.00520. The molecule has 4 aliphatic heterocycles. The molecule has 26 heavy (non-hydrogen) atoms. The molecule has 146 valence electrons. The lowest BCUT2D eigenvalue weighted by Gasteiger charge is -2.58. The molecule has 4 rings (SSSR count). The molecule has 0 radical (unpaired) electrons. The third kappa shape index (κ3) is 2.76. The molecule has 6 heteroatoms. The lowest BCUT2D eigenvalue weighted by molar-refractivity contribution is -0.180. The van der Waals surface area contributed by atoms with Crippen molar-refractivity contribution in [2.75, 3.05) is 26.2 Å². The van der Waals surface area contributed by atoms with Crippen LogP contribution in [-0.2, 0) is 14.3 Å². The molecular formula is C20H33N3O3. The van der Waals surface area contributed by atoms with Gasteiger partial charge in [-0.3, -0.25) is 14.5 Å². The van der Waals surface area contributed by atoms with E-state index in [1.807, 2.05) is 4.90 Å². The molecule has 0 aromatic rings. The van der Waals surface area contributed by atoms with Crippen LogP contribution in [0, 0.1) is 5.92 Å². The quantitative estimate of drug-likeness (QED) is 0.713. The summed E-state index contributed by atoms with van der Waals surface area (Å²) in [5, 5.41) is 0. The van der Waals surface area contributed by atoms with Crippen LogP contribution in [0.25, 0.3) is 0 Å². The minimum Gasteiger partial charge on any atom is -0.378 e. The summed E-state index contributed by atoms with van der Waals surface area (Å²) in [7, 11) is 0. The number of piperazine rings is 1. The van der Waals surface area contributed by atoms with Gasteiger partial charge in [0.25, 0.3) is 0 Å². The second-order valence-corrected chi connectivity index (χ2v) is 9.25. The van der Waals surface area contributed by atoms with Crippen molar-refractivity contribution in [3.05, 3.63) is 0 Å². The van der Waals surface area contributed by atoms with Crippen LogP contribution in [0.4, 0.5) is 0 Å². The molecule has 4 unspecified atom stereocenters. The van der Waals surface area contributed by atoms with Gasteiger partial charge in [-0.2, -0.15) is 0 Å². The first kappa shape index (κ1) is 18.2. The van der Waals surface area contributed by atoms with Crippen molar-refractivity contribution in [1.82, 2.24) is 14.7 Å². The summed E-state index contributed by atoms with van der Waals surface area (Å²) in [6.07, 6.45) is 3.63. The average Bonchev–Trinajstić information content (AvgIpc) is 2.99. The number of ether oxygens (including phenoxy) is 1. The van der Waals surface area contributed by atoms with Gasteiger partial charge in [-0.05, 0) is 52.9 Å². The second-order valence-electron chi connectivity index (χ2n) is 9.25. The monoisotopic (exact) mass is 363 g/mol. The van der Waals surface area contributed by atoms with Crippen molar-refractivity contribution >= 4 is 11.8 Å². The Labute approximate surface area is 156 Å². The lowest BCUT2D eigenvalue weighted by Crippen LogP contribution is -2.69. The number of carbonyl (C=O) groups is 2. The van der Waals surface area contributed by atoms with Crippen LogP contribution in [0.3, 0.4) is 0 Å². The Balaban J connectivity index is 1.45. The fourth-order valence-electron chi connectivity index (χ4n) is 5.84. The predicted molar refractivity (Wildman–Crippen MR) is 98.6 cm³/mol. The Morgan fingerprint density at radius 1 is 1.12 bits per heavy atom. The van der Waals surface area contributed by atoms with Gasteiger partial charge in [-0.1, -0.05) is 0 Å². The van der Waals surface area contributed by atoms with Crippen LogP contribution in [0.1, 0.15) is 53.4 Å². The molecule has 1 spiro atoms. The Morgan fingerprint density at radius 2 is 1.88 bits per heavy atom. The number of hydrogen-bond donors (Lipinski definition) is 0. The highest BCUT2D eigenvalue weighted by molar-refractivity contribution is 5.85. The Hall–Kier alpha value is -1.14. The maximum Gasteiger partial charge on any atom is 0.240 e. The third-order valence-electron chi connectivity index (χ3n) is 7.04. The molecule has 4 aliphatic rings. The first-order chi connectivity index (χ1) is 12.3. The molecule has 2 amide bonds. The SMILES string of the molecule is CC(C)N1CCN2CC(C3CC4(CCO3)CC(=O)N4C(C)C)CC2C1=O. The highest BCUT2D eigenvalue weighted by Gasteiger charge is 2.56. The molecule has 0 aromatic carbocycles. The van der Waals surface area contributed by atoms with Crippen LogP contribution in [-0.4, -0.2) is 82.5 Å². The molecule has 4 heterocycles. The summed E-state index contributed by atoms with van der Waals surface area (Å²) >= 11 is 0. The summed E-state index contributed by atoms with van der Waals surface area (Å²) in [4.78, 5) is 31.5. The van der Waals surface area contributed by atoms with E-state index in [1.165, 1.54) is 0 Å². The Morgan fingerprint density at radius 3 is 2.54 bits per heavy atom. The van der Waals surface area contributed by atoms with Crippen LogP contribution in [0.15, 0.2) is 0 Å². The smallest absolute Gasteiger partial charge is 0.240 e. The molecular weight excluding hydrogens is 330 g/mol. The zero-order valence-electron chi connectivity index (χ0n) is 16.6. The van der Waals surface area contributed by atoms with Gasteiger partial charge in [-0.15, -0.1) is 0 Å². The number of likely N-dealkylation sites (tertiary alicyclic amines) is 1. The molecule has 0 aromatic heterocycles. The van der Waals surface area contributed by atoms with Crippen LogP contribution >= 0.6 is 0 Å². The molecule has 0 bridgehead atoms. The highest BCUT2D eigenvalue weighted by Crippen LogP contribution is 2.46. The van der Waals surface area contributed by atoms with Crippen molar-refractivity contribution in [2.24, 2.45) is 5.92 Å². The van der Waals surface area contributed by atoms with Crippen LogP contribution < -0.4 is 0 Å². The summed E-state index contributed by atoms with van der Waals surface area (Å²) in [6, 6.07) is 0.562. The van der Waals surface area contributed by atoms with Crippen molar-refractivity contribution in [2.45, 2.75) is 83.1 Å². The van der Waals surface area contributed by atoms with E-state index in [9.17, 15) is 9.59 Å². The molecule has 4 fully saturated rings. The Kier molecular flexibility index (Phi) is 4.55. The van der Waals surface area contributed by atoms with Gasteiger partial charge < -0.3 is 14.5 Å². The first-order valence-electron chi connectivity index (χ1n) is 10.3. The molecule has 0 N–H and O–H groups in total. The highest BCUT2D eigenvalue weighted by atomic mass is 16.5. The normalized spacial score (nSPS) is 38.5. The van der Waals surface area contributed by atoms with Gasteiger partial charge in [0.1, 0.15) is 0 Å². The summed E-state index contributed by atoms with van der Waals surface area (Å²) in [5.74, 6) is 0.979. The molecule has 6 nitrogen and oxygen atoms in total. The van der Waals surface area contributed by atoms with Crippen molar-refractivity contribution in [3.63, 3.8) is 0 Å². The van der Waals surface area contributed by atoms with Gasteiger partial charge in [0.05, 0.1) is 24.1 Å². The topological polar surface area (TPSA) is 53.1 Å². The molecule has 4 saturated heterocycles. The van der Waals surface area contributed by atoms with E-state index >= 15 is 0 Å². The van der Waals surface area contributed by atoms with E-state index in [2.05, 4.69) is 37.5 Å². The van der Waals surface area contributed by atoms with Gasteiger partial charge in [0, 0.05) is 38.3 Å². The van der Waals surface area contributed by atoms with E-state index in [0.29, 0.717) is 18.2 Å². The fourth-order valence-corrected chi connectivity index (χ4v) is 5.84. The van der Waals surface area contributed by atoms with Gasteiger partial charge in [-0.25, -0.2) is 0 Å². The zero-order chi connectivity index (χ0) is 18.6. The zero-order valence-corrected chi connectivity index (χ0v) is 16.6. The van der Waals surface area contributed by atoms with Crippen molar-refractivity contribution < 1.29 is 14.3 Å². The molecule has 0 saturated carbocycles. The third-order valence-corrected chi connectivity index (χ3v) is 7.04. The van der Waals surface area contributed by atoms with E-state index in [-0.39, 0.29) is 35.7 Å². The first-order valence-corrected chi connectivity index (χ1v) is 10.3. The number of nitrogens with zero attached hydrogens (tertiary/aromatic N) is 3. The second kappa shape index (κ2) is 6.48.